The lowest BCUT2D eigenvalue weighted by molar-refractivity contribution is 0.0936. The van der Waals surface area contributed by atoms with E-state index in [2.05, 4.69) is 10.6 Å². The van der Waals surface area contributed by atoms with Crippen molar-refractivity contribution in [3.63, 3.8) is 0 Å². The zero-order chi connectivity index (χ0) is 17.1. The van der Waals surface area contributed by atoms with Gasteiger partial charge >= 0.3 is 6.03 Å². The van der Waals surface area contributed by atoms with Gasteiger partial charge in [0.15, 0.2) is 0 Å². The number of anilines is 1. The van der Waals surface area contributed by atoms with Crippen LogP contribution in [-0.4, -0.2) is 31.1 Å². The minimum absolute atomic E-state index is 0.0515. The maximum absolute atomic E-state index is 14.1. The number of urea groups is 1. The normalized spacial score (nSPS) is 15.2. The highest BCUT2D eigenvalue weighted by molar-refractivity contribution is 7.07. The van der Waals surface area contributed by atoms with Crippen molar-refractivity contribution in [1.82, 2.24) is 10.6 Å². The molecule has 1 aliphatic heterocycles. The number of amides is 3. The van der Waals surface area contributed by atoms with E-state index in [-0.39, 0.29) is 17.6 Å². The van der Waals surface area contributed by atoms with Crippen LogP contribution in [0.2, 0.25) is 0 Å². The summed E-state index contributed by atoms with van der Waals surface area (Å²) in [5.41, 5.74) is 1.60. The average molecular weight is 347 g/mol. The molecule has 0 spiro atoms. The number of nitrogens with one attached hydrogen (secondary N) is 2. The first-order chi connectivity index (χ1) is 11.5. The number of benzene rings is 1. The molecule has 2 N–H and O–H groups in total. The lowest BCUT2D eigenvalue weighted by Gasteiger charge is -2.17. The molecular formula is C17H18FN3O2S. The van der Waals surface area contributed by atoms with Crippen LogP contribution in [0.4, 0.5) is 14.9 Å². The van der Waals surface area contributed by atoms with Gasteiger partial charge in [-0.25, -0.2) is 9.18 Å². The third-order valence-electron chi connectivity index (χ3n) is 3.86. The van der Waals surface area contributed by atoms with Crippen molar-refractivity contribution in [2.45, 2.75) is 19.4 Å². The molecule has 2 aromatic rings. The molecule has 126 valence electrons. The highest BCUT2D eigenvalue weighted by Crippen LogP contribution is 2.21. The summed E-state index contributed by atoms with van der Waals surface area (Å²) >= 11 is 1.60. The Kier molecular flexibility index (Phi) is 4.80. The van der Waals surface area contributed by atoms with Crippen LogP contribution < -0.4 is 15.5 Å². The van der Waals surface area contributed by atoms with E-state index < -0.39 is 11.7 Å². The summed E-state index contributed by atoms with van der Waals surface area (Å²) in [6.45, 7) is 2.92. The highest BCUT2D eigenvalue weighted by atomic mass is 32.1. The van der Waals surface area contributed by atoms with Crippen molar-refractivity contribution in [3.05, 3.63) is 52.0 Å². The molecule has 3 amide bonds. The van der Waals surface area contributed by atoms with Crippen molar-refractivity contribution in [2.24, 2.45) is 0 Å². The van der Waals surface area contributed by atoms with Gasteiger partial charge in [-0.15, -0.1) is 0 Å². The van der Waals surface area contributed by atoms with Crippen LogP contribution in [0.3, 0.4) is 0 Å². The summed E-state index contributed by atoms with van der Waals surface area (Å²) in [5, 5.41) is 9.50. The number of carbonyl (C=O) groups excluding carboxylic acids is 2. The first-order valence-corrected chi connectivity index (χ1v) is 8.65. The Bertz CT molecular complexity index is 748. The number of thiophene rings is 1. The van der Waals surface area contributed by atoms with Crippen molar-refractivity contribution in [1.29, 1.82) is 0 Å². The minimum atomic E-state index is -0.599. The predicted molar refractivity (Wildman–Crippen MR) is 92.1 cm³/mol. The Balaban J connectivity index is 1.72. The number of halogens is 1. The van der Waals surface area contributed by atoms with Gasteiger partial charge in [0, 0.05) is 24.8 Å². The second kappa shape index (κ2) is 7.00. The molecule has 1 fully saturated rings. The smallest absolute Gasteiger partial charge is 0.321 e. The molecule has 1 unspecified atom stereocenters. The third-order valence-corrected chi connectivity index (χ3v) is 4.59. The van der Waals surface area contributed by atoms with Crippen molar-refractivity contribution in [2.75, 3.05) is 18.0 Å². The summed E-state index contributed by atoms with van der Waals surface area (Å²) in [4.78, 5) is 25.6. The molecule has 0 saturated carbocycles. The van der Waals surface area contributed by atoms with Crippen LogP contribution >= 0.6 is 11.3 Å². The zero-order valence-corrected chi connectivity index (χ0v) is 14.0. The predicted octanol–water partition coefficient (Wildman–Crippen LogP) is 2.78. The molecule has 0 bridgehead atoms. The van der Waals surface area contributed by atoms with Crippen LogP contribution in [0.15, 0.2) is 35.0 Å². The van der Waals surface area contributed by atoms with E-state index in [9.17, 15) is 14.0 Å². The molecule has 1 aromatic heterocycles. The van der Waals surface area contributed by atoms with E-state index in [0.29, 0.717) is 25.2 Å². The summed E-state index contributed by atoms with van der Waals surface area (Å²) in [7, 11) is 0. The van der Waals surface area contributed by atoms with E-state index in [1.54, 1.807) is 11.3 Å². The molecule has 0 radical (unpaired) electrons. The molecule has 1 aliphatic rings. The van der Waals surface area contributed by atoms with Gasteiger partial charge in [0.25, 0.3) is 5.91 Å². The summed E-state index contributed by atoms with van der Waals surface area (Å²) < 4.78 is 14.1. The molecule has 2 heterocycles. The molecule has 1 saturated heterocycles. The molecule has 1 atom stereocenters. The average Bonchev–Trinajstić information content (AvgIpc) is 3.19. The maximum atomic E-state index is 14.1. The van der Waals surface area contributed by atoms with E-state index in [4.69, 9.17) is 0 Å². The molecule has 24 heavy (non-hydrogen) atoms. The second-order valence-corrected chi connectivity index (χ2v) is 6.54. The largest absolute Gasteiger partial charge is 0.349 e. The van der Waals surface area contributed by atoms with Gasteiger partial charge < -0.3 is 10.6 Å². The topological polar surface area (TPSA) is 61.4 Å². The van der Waals surface area contributed by atoms with Gasteiger partial charge in [-0.1, -0.05) is 0 Å². The SMILES string of the molecule is CC(Cc1ccsc1)NC(=O)c1cc(N2CCNC2=O)ccc1F. The zero-order valence-electron chi connectivity index (χ0n) is 13.2. The fourth-order valence-corrected chi connectivity index (χ4v) is 3.37. The van der Waals surface area contributed by atoms with Crippen LogP contribution in [0.25, 0.3) is 0 Å². The highest BCUT2D eigenvalue weighted by Gasteiger charge is 2.23. The fraction of sp³-hybridized carbons (Fsp3) is 0.294. The number of hydrogen-bond acceptors (Lipinski definition) is 3. The van der Waals surface area contributed by atoms with Crippen LogP contribution in [0.1, 0.15) is 22.8 Å². The van der Waals surface area contributed by atoms with Gasteiger partial charge in [-0.05, 0) is 53.9 Å². The molecule has 1 aromatic carbocycles. The molecule has 5 nitrogen and oxygen atoms in total. The lowest BCUT2D eigenvalue weighted by Crippen LogP contribution is -2.35. The molecular weight excluding hydrogens is 329 g/mol. The molecule has 3 rings (SSSR count). The van der Waals surface area contributed by atoms with Crippen molar-refractivity contribution < 1.29 is 14.0 Å². The van der Waals surface area contributed by atoms with E-state index in [1.807, 2.05) is 23.8 Å². The Hall–Kier alpha value is -2.41. The van der Waals surface area contributed by atoms with Gasteiger partial charge in [0.1, 0.15) is 5.82 Å². The Morgan fingerprint density at radius 2 is 2.29 bits per heavy atom. The molecule has 7 heteroatoms. The second-order valence-electron chi connectivity index (χ2n) is 5.76. The van der Waals surface area contributed by atoms with Crippen molar-refractivity contribution in [3.8, 4) is 0 Å². The van der Waals surface area contributed by atoms with E-state index >= 15 is 0 Å². The maximum Gasteiger partial charge on any atom is 0.321 e. The van der Waals surface area contributed by atoms with Crippen molar-refractivity contribution >= 4 is 29.0 Å². The Labute approximate surface area is 143 Å². The summed E-state index contributed by atoms with van der Waals surface area (Å²) in [6.07, 6.45) is 0.686. The van der Waals surface area contributed by atoms with Crippen LogP contribution in [-0.2, 0) is 6.42 Å². The van der Waals surface area contributed by atoms with E-state index in [0.717, 1.165) is 5.56 Å². The Morgan fingerprint density at radius 3 is 2.96 bits per heavy atom. The van der Waals surface area contributed by atoms with Crippen LogP contribution in [0.5, 0.6) is 0 Å². The number of nitrogens with zero attached hydrogens (tertiary/aromatic N) is 1. The Morgan fingerprint density at radius 1 is 1.46 bits per heavy atom. The number of carbonyl (C=O) groups is 2. The molecule has 0 aliphatic carbocycles. The van der Waals surface area contributed by atoms with Gasteiger partial charge in [-0.2, -0.15) is 11.3 Å². The first-order valence-electron chi connectivity index (χ1n) is 7.71. The minimum Gasteiger partial charge on any atom is -0.349 e. The fourth-order valence-electron chi connectivity index (χ4n) is 2.69. The third kappa shape index (κ3) is 3.56. The van der Waals surface area contributed by atoms with Gasteiger partial charge in [-0.3, -0.25) is 9.69 Å². The van der Waals surface area contributed by atoms with E-state index in [1.165, 1.54) is 23.1 Å². The summed E-state index contributed by atoms with van der Waals surface area (Å²) in [5.74, 6) is -1.07. The van der Waals surface area contributed by atoms with Gasteiger partial charge in [0.05, 0.1) is 5.56 Å². The van der Waals surface area contributed by atoms with Gasteiger partial charge in [0.2, 0.25) is 0 Å². The number of rotatable bonds is 5. The van der Waals surface area contributed by atoms with Crippen LogP contribution in [0, 0.1) is 5.82 Å². The monoisotopic (exact) mass is 347 g/mol. The standard InChI is InChI=1S/C17H18FN3O2S/c1-11(8-12-4-7-24-10-12)20-16(22)14-9-13(2-3-15(14)18)21-6-5-19-17(21)23/h2-4,7,9-11H,5-6,8H2,1H3,(H,19,23)(H,20,22). The first kappa shape index (κ1) is 16.4. The summed E-state index contributed by atoms with van der Waals surface area (Å²) in [6, 6.07) is 5.79. The lowest BCUT2D eigenvalue weighted by atomic mass is 10.1. The quantitative estimate of drug-likeness (QED) is 0.874. The number of hydrogen-bond donors (Lipinski definition) is 2.